The first-order chi connectivity index (χ1) is 18.2. The number of aldehydes is 1. The Bertz CT molecular complexity index is 1000. The van der Waals surface area contributed by atoms with Crippen molar-refractivity contribution in [3.8, 4) is 0 Å². The number of allylic oxidation sites excluding steroid dienone is 4. The minimum Gasteiger partial charge on any atom is -0.396 e. The minimum absolute atomic E-state index is 0.102. The van der Waals surface area contributed by atoms with Crippen LogP contribution in [0.2, 0.25) is 0 Å². The van der Waals surface area contributed by atoms with Crippen LogP contribution in [0.25, 0.3) is 6.08 Å². The van der Waals surface area contributed by atoms with Crippen molar-refractivity contribution < 1.29 is 19.5 Å². The monoisotopic (exact) mass is 593 g/mol. The maximum Gasteiger partial charge on any atom is 0.251 e. The number of hydrogen-bond acceptors (Lipinski definition) is 7. The van der Waals surface area contributed by atoms with Crippen LogP contribution >= 0.6 is 15.9 Å². The zero-order chi connectivity index (χ0) is 29.1. The molecular weight excluding hydrogens is 550 g/mol. The van der Waals surface area contributed by atoms with Gasteiger partial charge in [-0.05, 0) is 86.0 Å². The summed E-state index contributed by atoms with van der Waals surface area (Å²) < 4.78 is 2.90. The SMILES string of the molecule is C=O.CC/C=C(C)/C(=C\c1cc(Br)cn1N(CCCO)CCNC)C(=O)NC/C(C=O)=C(C)/C=C(/C)NC. The number of likely N-dealkylation sites (N-methyl/N-ethyl adjacent to an activating group) is 1. The number of amides is 1. The second-order valence-corrected chi connectivity index (χ2v) is 9.42. The van der Waals surface area contributed by atoms with Crippen molar-refractivity contribution in [2.45, 2.75) is 40.5 Å². The van der Waals surface area contributed by atoms with Crippen LogP contribution in [0.15, 0.2) is 56.9 Å². The van der Waals surface area contributed by atoms with Crippen LogP contribution in [0.3, 0.4) is 0 Å². The van der Waals surface area contributed by atoms with Crippen LogP contribution in [0, 0.1) is 0 Å². The van der Waals surface area contributed by atoms with Crippen molar-refractivity contribution in [3.05, 3.63) is 62.6 Å². The van der Waals surface area contributed by atoms with Gasteiger partial charge in [0.15, 0.2) is 0 Å². The van der Waals surface area contributed by atoms with Crippen LogP contribution in [-0.2, 0) is 14.4 Å². The molecule has 1 aromatic rings. The molecular formula is C28H44BrN5O4. The standard InChI is InChI=1S/C27H42BrN5O3.CH2O/c1-7-9-20(2)26(27(36)31-17-23(19-35)21(3)14-22(4)30-6)16-25-15-24(28)18-33(25)32(11-8-13-34)12-10-29-5;1-2/h9,14-16,18-19,29-30,34H,7-8,10-13,17H2,1-6H3,(H,31,36);1H2/b20-9+,22-14-,23-21-,26-16+;. The van der Waals surface area contributed by atoms with E-state index >= 15 is 0 Å². The highest BCUT2D eigenvalue weighted by Crippen LogP contribution is 2.22. The molecule has 10 heteroatoms. The van der Waals surface area contributed by atoms with Gasteiger partial charge in [0.2, 0.25) is 0 Å². The van der Waals surface area contributed by atoms with Gasteiger partial charge in [-0.15, -0.1) is 0 Å². The first kappa shape index (κ1) is 35.0. The third-order valence-electron chi connectivity index (χ3n) is 5.68. The molecule has 212 valence electrons. The van der Waals surface area contributed by atoms with E-state index in [1.165, 1.54) is 0 Å². The van der Waals surface area contributed by atoms with Gasteiger partial charge in [-0.1, -0.05) is 13.0 Å². The van der Waals surface area contributed by atoms with Crippen LogP contribution in [-0.4, -0.2) is 75.6 Å². The Kier molecular flexibility index (Phi) is 18.5. The molecule has 0 unspecified atom stereocenters. The molecule has 0 saturated heterocycles. The quantitative estimate of drug-likeness (QED) is 0.132. The van der Waals surface area contributed by atoms with Crippen LogP contribution in [0.4, 0.5) is 0 Å². The molecule has 1 heterocycles. The molecule has 1 aromatic heterocycles. The van der Waals surface area contributed by atoms with E-state index in [2.05, 4.69) is 36.9 Å². The van der Waals surface area contributed by atoms with E-state index in [4.69, 9.17) is 4.79 Å². The number of carbonyl (C=O) groups excluding carboxylic acids is 3. The number of nitrogens with zero attached hydrogens (tertiary/aromatic N) is 2. The molecule has 0 bridgehead atoms. The Morgan fingerprint density at radius 2 is 1.89 bits per heavy atom. The van der Waals surface area contributed by atoms with Crippen LogP contribution in [0.1, 0.15) is 46.2 Å². The van der Waals surface area contributed by atoms with Crippen LogP contribution in [0.5, 0.6) is 0 Å². The maximum atomic E-state index is 13.4. The number of aliphatic hydroxyl groups excluding tert-OH is 1. The van der Waals surface area contributed by atoms with Gasteiger partial charge in [0.1, 0.15) is 13.1 Å². The summed E-state index contributed by atoms with van der Waals surface area (Å²) in [5.74, 6) is -0.250. The summed E-state index contributed by atoms with van der Waals surface area (Å²) >= 11 is 3.57. The van der Waals surface area contributed by atoms with E-state index in [9.17, 15) is 14.7 Å². The van der Waals surface area contributed by atoms with Gasteiger partial charge in [0.25, 0.3) is 5.91 Å². The number of rotatable bonds is 16. The first-order valence-corrected chi connectivity index (χ1v) is 13.4. The Morgan fingerprint density at radius 1 is 1.21 bits per heavy atom. The normalized spacial score (nSPS) is 12.8. The lowest BCUT2D eigenvalue weighted by Crippen LogP contribution is -2.40. The smallest absolute Gasteiger partial charge is 0.251 e. The van der Waals surface area contributed by atoms with Crippen molar-refractivity contribution in [3.63, 3.8) is 0 Å². The summed E-state index contributed by atoms with van der Waals surface area (Å²) in [5, 5.41) is 20.6. The molecule has 1 amide bonds. The average Bonchev–Trinajstić information content (AvgIpc) is 3.28. The van der Waals surface area contributed by atoms with Crippen molar-refractivity contribution in [1.82, 2.24) is 20.6 Å². The number of nitrogens with one attached hydrogen (secondary N) is 3. The lowest BCUT2D eigenvalue weighted by Gasteiger charge is -2.27. The Hall–Kier alpha value is -2.95. The molecule has 0 atom stereocenters. The summed E-state index contributed by atoms with van der Waals surface area (Å²) in [6, 6.07) is 1.96. The summed E-state index contributed by atoms with van der Waals surface area (Å²) in [7, 11) is 3.72. The van der Waals surface area contributed by atoms with Gasteiger partial charge in [-0.2, -0.15) is 0 Å². The van der Waals surface area contributed by atoms with Gasteiger partial charge in [-0.25, -0.2) is 0 Å². The van der Waals surface area contributed by atoms with E-state index in [0.717, 1.165) is 52.8 Å². The van der Waals surface area contributed by atoms with Crippen molar-refractivity contribution in [2.75, 3.05) is 51.9 Å². The Labute approximate surface area is 235 Å². The second kappa shape index (κ2) is 20.1. The molecule has 4 N–H and O–H groups in total. The van der Waals surface area contributed by atoms with E-state index in [0.29, 0.717) is 24.1 Å². The third kappa shape index (κ3) is 12.1. The van der Waals surface area contributed by atoms with Gasteiger partial charge in [0, 0.05) is 67.3 Å². The predicted molar refractivity (Wildman–Crippen MR) is 159 cm³/mol. The highest BCUT2D eigenvalue weighted by molar-refractivity contribution is 9.10. The molecule has 0 radical (unpaired) electrons. The van der Waals surface area contributed by atoms with E-state index < -0.39 is 0 Å². The Morgan fingerprint density at radius 3 is 2.45 bits per heavy atom. The highest BCUT2D eigenvalue weighted by Gasteiger charge is 2.16. The predicted octanol–water partition coefficient (Wildman–Crippen LogP) is 3.10. The molecule has 9 nitrogen and oxygen atoms in total. The number of aromatic nitrogens is 1. The molecule has 0 spiro atoms. The fraction of sp³-hybridized carbons (Fsp3) is 0.464. The lowest BCUT2D eigenvalue weighted by atomic mass is 10.0. The zero-order valence-corrected chi connectivity index (χ0v) is 25.2. The van der Waals surface area contributed by atoms with Gasteiger partial charge >= 0.3 is 0 Å². The molecule has 38 heavy (non-hydrogen) atoms. The largest absolute Gasteiger partial charge is 0.396 e. The zero-order valence-electron chi connectivity index (χ0n) is 23.6. The van der Waals surface area contributed by atoms with Crippen molar-refractivity contribution >= 4 is 41.0 Å². The molecule has 0 aliphatic rings. The number of hydrogen-bond donors (Lipinski definition) is 4. The topological polar surface area (TPSA) is 116 Å². The molecule has 1 rings (SSSR count). The second-order valence-electron chi connectivity index (χ2n) is 8.50. The third-order valence-corrected chi connectivity index (χ3v) is 6.12. The van der Waals surface area contributed by atoms with Crippen LogP contribution < -0.4 is 21.0 Å². The Balaban J connectivity index is 0.00000667. The summed E-state index contributed by atoms with van der Waals surface area (Å²) in [6.45, 7) is 12.1. The average molecular weight is 595 g/mol. The molecule has 0 fully saturated rings. The molecule has 0 saturated carbocycles. The summed E-state index contributed by atoms with van der Waals surface area (Å²) in [5.41, 5.74) is 4.46. The van der Waals surface area contributed by atoms with Crippen molar-refractivity contribution in [1.29, 1.82) is 0 Å². The number of carbonyl (C=O) groups is 3. The number of halogens is 1. The maximum absolute atomic E-state index is 13.4. The summed E-state index contributed by atoms with van der Waals surface area (Å²) in [4.78, 5) is 33.1. The summed E-state index contributed by atoms with van der Waals surface area (Å²) in [6.07, 6.45) is 9.93. The van der Waals surface area contributed by atoms with E-state index in [1.807, 2.05) is 83.7 Å². The fourth-order valence-corrected chi connectivity index (χ4v) is 4.00. The fourth-order valence-electron chi connectivity index (χ4n) is 3.57. The molecule has 0 aliphatic heterocycles. The molecule has 0 aromatic carbocycles. The van der Waals surface area contributed by atoms with E-state index in [-0.39, 0.29) is 19.1 Å². The van der Waals surface area contributed by atoms with Gasteiger partial charge < -0.3 is 30.9 Å². The first-order valence-electron chi connectivity index (χ1n) is 12.6. The van der Waals surface area contributed by atoms with Gasteiger partial charge in [-0.3, -0.25) is 14.3 Å². The number of aliphatic hydroxyl groups is 1. The van der Waals surface area contributed by atoms with Gasteiger partial charge in [0.05, 0.1) is 5.69 Å². The van der Waals surface area contributed by atoms with Crippen molar-refractivity contribution in [2.24, 2.45) is 0 Å². The minimum atomic E-state index is -0.250. The lowest BCUT2D eigenvalue weighted by molar-refractivity contribution is -0.117. The molecule has 0 aliphatic carbocycles. The van der Waals surface area contributed by atoms with E-state index in [1.54, 1.807) is 0 Å². The highest BCUT2D eigenvalue weighted by atomic mass is 79.9.